The number of carboxylic acids is 1. The van der Waals surface area contributed by atoms with Crippen molar-refractivity contribution in [3.63, 3.8) is 0 Å². The molecule has 1 fully saturated rings. The van der Waals surface area contributed by atoms with Gasteiger partial charge in [0.1, 0.15) is 28.2 Å². The standard InChI is InChI=1S/C32H38N2O6S2/c1-22-9-7-8-12-27(22)29-17-23(13-14-28(29)31(35)33-30(32(36)37)15-16-42(3,38)39)19-34-20-26(41-2)18-24(34)21-40-25-10-5-4-6-11-25/h4-14,17,24,26,30H,15-16,18-21H2,1-3H3,(H,33,35)(H,36,37)/t24-,26-,30-/m0/s1. The van der Waals surface area contributed by atoms with Gasteiger partial charge in [-0.15, -0.1) is 0 Å². The summed E-state index contributed by atoms with van der Waals surface area (Å²) in [6.45, 7) is 4.14. The van der Waals surface area contributed by atoms with Crippen molar-refractivity contribution in [2.75, 3.05) is 31.4 Å². The highest BCUT2D eigenvalue weighted by atomic mass is 32.2. The largest absolute Gasteiger partial charge is 0.492 e. The third-order valence-corrected chi connectivity index (χ3v) is 9.52. The number of likely N-dealkylation sites (tertiary alicyclic amines) is 1. The van der Waals surface area contributed by atoms with Gasteiger partial charge in [0.05, 0.1) is 5.75 Å². The van der Waals surface area contributed by atoms with Gasteiger partial charge in [-0.3, -0.25) is 9.69 Å². The number of ether oxygens (including phenoxy) is 1. The van der Waals surface area contributed by atoms with Gasteiger partial charge in [0.15, 0.2) is 0 Å². The van der Waals surface area contributed by atoms with E-state index in [2.05, 4.69) is 16.5 Å². The fourth-order valence-corrected chi connectivity index (χ4v) is 6.65. The fraction of sp³-hybridized carbons (Fsp3) is 0.375. The summed E-state index contributed by atoms with van der Waals surface area (Å²) in [7, 11) is -3.39. The number of sulfone groups is 1. The number of carbonyl (C=O) groups excluding carboxylic acids is 1. The van der Waals surface area contributed by atoms with Crippen LogP contribution in [0.2, 0.25) is 0 Å². The third kappa shape index (κ3) is 8.59. The summed E-state index contributed by atoms with van der Waals surface area (Å²) in [4.78, 5) is 27.7. The molecule has 2 N–H and O–H groups in total. The molecule has 0 aromatic heterocycles. The molecule has 8 nitrogen and oxygen atoms in total. The molecular formula is C32H38N2O6S2. The van der Waals surface area contributed by atoms with Crippen LogP contribution >= 0.6 is 11.8 Å². The van der Waals surface area contributed by atoms with Gasteiger partial charge in [-0.1, -0.05) is 48.5 Å². The second kappa shape index (κ2) is 14.2. The lowest BCUT2D eigenvalue weighted by Gasteiger charge is -2.25. The summed E-state index contributed by atoms with van der Waals surface area (Å²) >= 11 is 1.86. The Morgan fingerprint density at radius 2 is 1.79 bits per heavy atom. The Hall–Kier alpha value is -3.34. The van der Waals surface area contributed by atoms with Gasteiger partial charge in [-0.25, -0.2) is 13.2 Å². The molecule has 1 heterocycles. The number of benzene rings is 3. The van der Waals surface area contributed by atoms with E-state index in [1.807, 2.05) is 85.4 Å². The van der Waals surface area contributed by atoms with Crippen LogP contribution in [0.4, 0.5) is 0 Å². The van der Waals surface area contributed by atoms with Crippen LogP contribution in [0.25, 0.3) is 11.1 Å². The average Bonchev–Trinajstić information content (AvgIpc) is 3.35. The van der Waals surface area contributed by atoms with Crippen molar-refractivity contribution in [3.05, 3.63) is 89.5 Å². The van der Waals surface area contributed by atoms with E-state index in [1.165, 1.54) is 0 Å². The molecule has 1 aliphatic rings. The summed E-state index contributed by atoms with van der Waals surface area (Å²) in [5.74, 6) is -1.32. The highest BCUT2D eigenvalue weighted by Gasteiger charge is 2.32. The molecule has 0 unspecified atom stereocenters. The number of thioether (sulfide) groups is 1. The molecule has 3 atom stereocenters. The first-order valence-corrected chi connectivity index (χ1v) is 17.2. The monoisotopic (exact) mass is 610 g/mol. The molecule has 42 heavy (non-hydrogen) atoms. The molecule has 0 radical (unpaired) electrons. The van der Waals surface area contributed by atoms with Crippen LogP contribution in [0.5, 0.6) is 5.75 Å². The van der Waals surface area contributed by atoms with E-state index in [-0.39, 0.29) is 18.2 Å². The predicted molar refractivity (Wildman–Crippen MR) is 168 cm³/mol. The number of aliphatic carboxylic acids is 1. The molecule has 4 rings (SSSR count). The van der Waals surface area contributed by atoms with Gasteiger partial charge in [0.25, 0.3) is 5.91 Å². The van der Waals surface area contributed by atoms with Crippen LogP contribution in [0.3, 0.4) is 0 Å². The van der Waals surface area contributed by atoms with Gasteiger partial charge >= 0.3 is 5.97 Å². The topological polar surface area (TPSA) is 113 Å². The van der Waals surface area contributed by atoms with E-state index >= 15 is 0 Å². The Bertz CT molecular complexity index is 1500. The Kier molecular flexibility index (Phi) is 10.7. The van der Waals surface area contributed by atoms with Crippen LogP contribution in [0.15, 0.2) is 72.8 Å². The quantitative estimate of drug-likeness (QED) is 0.287. The zero-order valence-corrected chi connectivity index (χ0v) is 25.8. The smallest absolute Gasteiger partial charge is 0.326 e. The van der Waals surface area contributed by atoms with Crippen LogP contribution in [0, 0.1) is 6.92 Å². The summed E-state index contributed by atoms with van der Waals surface area (Å²) in [6.07, 6.45) is 3.98. The van der Waals surface area contributed by atoms with E-state index in [9.17, 15) is 23.1 Å². The van der Waals surface area contributed by atoms with Crippen molar-refractivity contribution in [3.8, 4) is 16.9 Å². The number of carbonyl (C=O) groups is 2. The molecule has 10 heteroatoms. The van der Waals surface area contributed by atoms with Gasteiger partial charge in [0.2, 0.25) is 0 Å². The SMILES string of the molecule is CS[C@H]1C[C@@H](COc2ccccc2)N(Cc2ccc(C(=O)N[C@@H](CCS(C)(=O)=O)C(=O)O)c(-c3ccccc3C)c2)C1. The number of amides is 1. The lowest BCUT2D eigenvalue weighted by molar-refractivity contribution is -0.139. The number of aryl methyl sites for hydroxylation is 1. The molecule has 0 aliphatic carbocycles. The van der Waals surface area contributed by atoms with E-state index in [0.29, 0.717) is 29.5 Å². The molecule has 3 aromatic rings. The molecule has 0 spiro atoms. The number of carboxylic acid groups (broad SMARTS) is 1. The summed E-state index contributed by atoms with van der Waals surface area (Å²) in [5, 5.41) is 12.7. The molecule has 1 amide bonds. The van der Waals surface area contributed by atoms with Crippen LogP contribution in [-0.2, 0) is 21.2 Å². The normalized spacial score (nSPS) is 18.0. The van der Waals surface area contributed by atoms with Crippen molar-refractivity contribution in [1.82, 2.24) is 10.2 Å². The zero-order valence-electron chi connectivity index (χ0n) is 24.2. The first kappa shape index (κ1) is 31.6. The Morgan fingerprint density at radius 3 is 2.45 bits per heavy atom. The number of rotatable bonds is 13. The minimum Gasteiger partial charge on any atom is -0.492 e. The molecule has 1 saturated heterocycles. The second-order valence-electron chi connectivity index (χ2n) is 10.8. The van der Waals surface area contributed by atoms with Crippen LogP contribution in [0.1, 0.15) is 34.3 Å². The Labute approximate surface area is 252 Å². The average molecular weight is 611 g/mol. The van der Waals surface area contributed by atoms with Crippen molar-refractivity contribution < 1.29 is 27.9 Å². The maximum absolute atomic E-state index is 13.4. The lowest BCUT2D eigenvalue weighted by atomic mass is 9.93. The first-order chi connectivity index (χ1) is 20.0. The van der Waals surface area contributed by atoms with E-state index in [0.717, 1.165) is 41.7 Å². The van der Waals surface area contributed by atoms with Gasteiger partial charge in [0, 0.05) is 36.2 Å². The maximum Gasteiger partial charge on any atom is 0.326 e. The lowest BCUT2D eigenvalue weighted by Crippen LogP contribution is -2.42. The number of para-hydroxylation sites is 1. The van der Waals surface area contributed by atoms with Crippen molar-refractivity contribution >= 4 is 33.5 Å². The summed E-state index contributed by atoms with van der Waals surface area (Å²) in [5.41, 5.74) is 3.93. The third-order valence-electron chi connectivity index (χ3n) is 7.54. The van der Waals surface area contributed by atoms with Crippen LogP contribution in [-0.4, -0.2) is 79.1 Å². The Balaban J connectivity index is 1.59. The van der Waals surface area contributed by atoms with Gasteiger partial charge in [-0.05, 0) is 72.5 Å². The number of hydrogen-bond acceptors (Lipinski definition) is 7. The van der Waals surface area contributed by atoms with Crippen molar-refractivity contribution in [1.29, 1.82) is 0 Å². The van der Waals surface area contributed by atoms with Gasteiger partial charge in [-0.2, -0.15) is 11.8 Å². The molecule has 3 aromatic carbocycles. The number of hydrogen-bond donors (Lipinski definition) is 2. The zero-order chi connectivity index (χ0) is 30.3. The number of nitrogens with one attached hydrogen (secondary N) is 1. The fourth-order valence-electron chi connectivity index (χ4n) is 5.23. The van der Waals surface area contributed by atoms with Crippen molar-refractivity contribution in [2.24, 2.45) is 0 Å². The number of nitrogens with zero attached hydrogens (tertiary/aromatic N) is 1. The predicted octanol–water partition coefficient (Wildman–Crippen LogP) is 4.66. The minimum absolute atomic E-state index is 0.213. The highest BCUT2D eigenvalue weighted by Crippen LogP contribution is 2.32. The minimum atomic E-state index is -3.39. The molecule has 1 aliphatic heterocycles. The highest BCUT2D eigenvalue weighted by molar-refractivity contribution is 7.99. The Morgan fingerprint density at radius 1 is 1.07 bits per heavy atom. The van der Waals surface area contributed by atoms with E-state index < -0.39 is 27.8 Å². The van der Waals surface area contributed by atoms with Gasteiger partial charge < -0.3 is 15.2 Å². The van der Waals surface area contributed by atoms with Crippen LogP contribution < -0.4 is 10.1 Å². The van der Waals surface area contributed by atoms with Crippen molar-refractivity contribution in [2.45, 2.75) is 43.6 Å². The molecular weight excluding hydrogens is 572 g/mol. The molecule has 0 bridgehead atoms. The summed E-state index contributed by atoms with van der Waals surface area (Å²) < 4.78 is 29.4. The second-order valence-corrected chi connectivity index (χ2v) is 14.2. The van der Waals surface area contributed by atoms with E-state index in [1.54, 1.807) is 6.07 Å². The molecule has 0 saturated carbocycles. The summed E-state index contributed by atoms with van der Waals surface area (Å²) in [6, 6.07) is 22.1. The van der Waals surface area contributed by atoms with E-state index in [4.69, 9.17) is 4.74 Å². The molecule has 224 valence electrons. The first-order valence-electron chi connectivity index (χ1n) is 13.9. The maximum atomic E-state index is 13.4.